The maximum absolute atomic E-state index is 10.1. The zero-order chi connectivity index (χ0) is 14.8. The predicted molar refractivity (Wildman–Crippen MR) is 82.8 cm³/mol. The van der Waals surface area contributed by atoms with Crippen molar-refractivity contribution in [3.05, 3.63) is 48.2 Å². The van der Waals surface area contributed by atoms with E-state index in [2.05, 4.69) is 15.5 Å². The van der Waals surface area contributed by atoms with E-state index in [4.69, 9.17) is 4.74 Å². The lowest BCUT2D eigenvalue weighted by Crippen LogP contribution is -2.06. The Hall–Kier alpha value is -2.69. The number of aromatic nitrogens is 2. The molecule has 2 aromatic carbocycles. The molecule has 0 saturated carbocycles. The number of methoxy groups -OCH3 is 1. The Bertz CT molecular complexity index is 767. The average molecular weight is 283 g/mol. The summed E-state index contributed by atoms with van der Waals surface area (Å²) < 4.78 is 5.10. The second-order valence-corrected chi connectivity index (χ2v) is 4.96. The van der Waals surface area contributed by atoms with E-state index in [1.807, 2.05) is 37.3 Å². The topological polar surface area (TPSA) is 70.2 Å². The Morgan fingerprint density at radius 1 is 1.24 bits per heavy atom. The number of anilines is 1. The third-order valence-corrected chi connectivity index (χ3v) is 3.53. The first-order valence-electron chi connectivity index (χ1n) is 6.74. The number of benzene rings is 2. The number of phenols is 1. The predicted octanol–water partition coefficient (Wildman–Crippen LogP) is 3.45. The quantitative estimate of drug-likeness (QED) is 0.686. The van der Waals surface area contributed by atoms with Crippen molar-refractivity contribution >= 4 is 16.6 Å². The SMILES string of the molecule is COc1ccc(C(C)Nc2ccc3cn[nH]c3c2)c(O)c1. The Morgan fingerprint density at radius 2 is 2.10 bits per heavy atom. The fraction of sp³-hybridized carbons (Fsp3) is 0.188. The summed E-state index contributed by atoms with van der Waals surface area (Å²) in [4.78, 5) is 0. The van der Waals surface area contributed by atoms with Crippen molar-refractivity contribution in [2.75, 3.05) is 12.4 Å². The van der Waals surface area contributed by atoms with Gasteiger partial charge in [0, 0.05) is 22.7 Å². The summed E-state index contributed by atoms with van der Waals surface area (Å²) in [7, 11) is 1.58. The van der Waals surface area contributed by atoms with Crippen LogP contribution in [0, 0.1) is 0 Å². The number of ether oxygens (including phenoxy) is 1. The lowest BCUT2D eigenvalue weighted by Gasteiger charge is -2.17. The lowest BCUT2D eigenvalue weighted by molar-refractivity contribution is 0.406. The minimum atomic E-state index is -0.0312. The fourth-order valence-corrected chi connectivity index (χ4v) is 2.37. The van der Waals surface area contributed by atoms with Crippen molar-refractivity contribution in [3.63, 3.8) is 0 Å². The molecule has 5 heteroatoms. The van der Waals surface area contributed by atoms with Crippen LogP contribution in [0.4, 0.5) is 5.69 Å². The van der Waals surface area contributed by atoms with Gasteiger partial charge in [0.2, 0.25) is 0 Å². The van der Waals surface area contributed by atoms with E-state index in [0.717, 1.165) is 22.2 Å². The van der Waals surface area contributed by atoms with Crippen LogP contribution in [0.2, 0.25) is 0 Å². The van der Waals surface area contributed by atoms with Crippen LogP contribution in [0.3, 0.4) is 0 Å². The number of aromatic amines is 1. The molecule has 1 atom stereocenters. The number of rotatable bonds is 4. The molecule has 108 valence electrons. The number of phenolic OH excluding ortho intramolecular Hbond substituents is 1. The highest BCUT2D eigenvalue weighted by Gasteiger charge is 2.11. The molecular weight excluding hydrogens is 266 g/mol. The standard InChI is InChI=1S/C16H17N3O2/c1-10(14-6-5-13(21-2)8-16(14)20)18-12-4-3-11-9-17-19-15(11)7-12/h3-10,18,20H,1-2H3,(H,17,19). The summed E-state index contributed by atoms with van der Waals surface area (Å²) in [6.45, 7) is 2.00. The number of nitrogens with one attached hydrogen (secondary N) is 2. The van der Waals surface area contributed by atoms with E-state index in [-0.39, 0.29) is 11.8 Å². The molecule has 0 aliphatic heterocycles. The third kappa shape index (κ3) is 2.63. The number of hydrogen-bond acceptors (Lipinski definition) is 4. The van der Waals surface area contributed by atoms with Crippen LogP contribution in [0.15, 0.2) is 42.6 Å². The second-order valence-electron chi connectivity index (χ2n) is 4.96. The molecule has 1 unspecified atom stereocenters. The van der Waals surface area contributed by atoms with Crippen LogP contribution in [-0.4, -0.2) is 22.4 Å². The third-order valence-electron chi connectivity index (χ3n) is 3.53. The molecule has 3 aromatic rings. The van der Waals surface area contributed by atoms with E-state index in [0.29, 0.717) is 5.75 Å². The first kappa shape index (κ1) is 13.3. The summed E-state index contributed by atoms with van der Waals surface area (Å²) in [5, 5.41) is 21.5. The summed E-state index contributed by atoms with van der Waals surface area (Å²) in [6, 6.07) is 11.3. The minimum Gasteiger partial charge on any atom is -0.507 e. The van der Waals surface area contributed by atoms with Gasteiger partial charge in [0.05, 0.1) is 24.9 Å². The molecule has 5 nitrogen and oxygen atoms in total. The smallest absolute Gasteiger partial charge is 0.124 e. The van der Waals surface area contributed by atoms with Gasteiger partial charge in [-0.25, -0.2) is 0 Å². The zero-order valence-corrected chi connectivity index (χ0v) is 11.9. The first-order chi connectivity index (χ1) is 10.2. The monoisotopic (exact) mass is 283 g/mol. The largest absolute Gasteiger partial charge is 0.507 e. The van der Waals surface area contributed by atoms with Gasteiger partial charge in [0.15, 0.2) is 0 Å². The summed E-state index contributed by atoms with van der Waals surface area (Å²) >= 11 is 0. The molecule has 0 fully saturated rings. The molecular formula is C16H17N3O2. The summed E-state index contributed by atoms with van der Waals surface area (Å²) in [5.41, 5.74) is 2.76. The fourth-order valence-electron chi connectivity index (χ4n) is 2.37. The van der Waals surface area contributed by atoms with Gasteiger partial charge in [-0.2, -0.15) is 5.10 Å². The van der Waals surface area contributed by atoms with Gasteiger partial charge in [0.1, 0.15) is 11.5 Å². The molecule has 0 aliphatic carbocycles. The van der Waals surface area contributed by atoms with Gasteiger partial charge in [-0.15, -0.1) is 0 Å². The average Bonchev–Trinajstić information content (AvgIpc) is 2.94. The maximum atomic E-state index is 10.1. The molecule has 0 radical (unpaired) electrons. The van der Waals surface area contributed by atoms with Crippen molar-refractivity contribution in [1.82, 2.24) is 10.2 Å². The molecule has 3 N–H and O–H groups in total. The number of H-pyrrole nitrogens is 1. The summed E-state index contributed by atoms with van der Waals surface area (Å²) in [6.07, 6.45) is 1.79. The lowest BCUT2D eigenvalue weighted by atomic mass is 10.1. The first-order valence-corrected chi connectivity index (χ1v) is 6.74. The van der Waals surface area contributed by atoms with Crippen LogP contribution in [0.5, 0.6) is 11.5 Å². The van der Waals surface area contributed by atoms with Gasteiger partial charge in [-0.1, -0.05) is 0 Å². The molecule has 21 heavy (non-hydrogen) atoms. The van der Waals surface area contributed by atoms with Crippen molar-refractivity contribution in [2.24, 2.45) is 0 Å². The van der Waals surface area contributed by atoms with E-state index >= 15 is 0 Å². The summed E-state index contributed by atoms with van der Waals surface area (Å²) in [5.74, 6) is 0.860. The molecule has 0 saturated heterocycles. The molecule has 0 spiro atoms. The highest BCUT2D eigenvalue weighted by atomic mass is 16.5. The van der Waals surface area contributed by atoms with Crippen molar-refractivity contribution in [1.29, 1.82) is 0 Å². The van der Waals surface area contributed by atoms with Crippen LogP contribution in [0.25, 0.3) is 10.9 Å². The van der Waals surface area contributed by atoms with Crippen LogP contribution >= 0.6 is 0 Å². The Balaban J connectivity index is 1.83. The normalized spacial score (nSPS) is 12.3. The number of fused-ring (bicyclic) bond motifs is 1. The molecule has 0 amide bonds. The zero-order valence-electron chi connectivity index (χ0n) is 11.9. The van der Waals surface area contributed by atoms with Crippen molar-refractivity contribution in [3.8, 4) is 11.5 Å². The van der Waals surface area contributed by atoms with Gasteiger partial charge >= 0.3 is 0 Å². The molecule has 1 aromatic heterocycles. The van der Waals surface area contributed by atoms with Gasteiger partial charge < -0.3 is 15.2 Å². The Morgan fingerprint density at radius 3 is 2.86 bits per heavy atom. The Labute approximate surface area is 122 Å². The number of nitrogens with zero attached hydrogens (tertiary/aromatic N) is 1. The van der Waals surface area contributed by atoms with Crippen LogP contribution in [-0.2, 0) is 0 Å². The van der Waals surface area contributed by atoms with Gasteiger partial charge in [-0.05, 0) is 37.3 Å². The molecule has 3 rings (SSSR count). The van der Waals surface area contributed by atoms with Crippen molar-refractivity contribution < 1.29 is 9.84 Å². The molecule has 0 bridgehead atoms. The van der Waals surface area contributed by atoms with Gasteiger partial charge in [-0.3, -0.25) is 5.10 Å². The van der Waals surface area contributed by atoms with Gasteiger partial charge in [0.25, 0.3) is 0 Å². The number of aromatic hydroxyl groups is 1. The highest BCUT2D eigenvalue weighted by molar-refractivity contribution is 5.81. The van der Waals surface area contributed by atoms with Crippen LogP contribution in [0.1, 0.15) is 18.5 Å². The highest BCUT2D eigenvalue weighted by Crippen LogP contribution is 2.30. The van der Waals surface area contributed by atoms with Crippen LogP contribution < -0.4 is 10.1 Å². The molecule has 0 aliphatic rings. The Kier molecular flexibility index (Phi) is 3.39. The number of hydrogen-bond donors (Lipinski definition) is 3. The van der Waals surface area contributed by atoms with E-state index < -0.39 is 0 Å². The van der Waals surface area contributed by atoms with E-state index in [1.165, 1.54) is 0 Å². The van der Waals surface area contributed by atoms with E-state index in [1.54, 1.807) is 19.4 Å². The van der Waals surface area contributed by atoms with E-state index in [9.17, 15) is 5.11 Å². The minimum absolute atomic E-state index is 0.0312. The maximum Gasteiger partial charge on any atom is 0.124 e. The molecule has 1 heterocycles. The van der Waals surface area contributed by atoms with Crippen molar-refractivity contribution in [2.45, 2.75) is 13.0 Å². The second kappa shape index (κ2) is 5.36.